The fourth-order valence-electron chi connectivity index (χ4n) is 2.08. The van der Waals surface area contributed by atoms with E-state index in [0.29, 0.717) is 12.3 Å². The minimum atomic E-state index is -0.448. The topological polar surface area (TPSA) is 42.4 Å². The normalized spacial score (nSPS) is 10.7. The number of likely N-dealkylation sites (N-methyl/N-ethyl adjacent to an activating group) is 1. The van der Waals surface area contributed by atoms with Crippen LogP contribution in [0.3, 0.4) is 0 Å². The second kappa shape index (κ2) is 6.95. The Balaban J connectivity index is 2.06. The van der Waals surface area contributed by atoms with Crippen LogP contribution in [0.2, 0.25) is 0 Å². The highest BCUT2D eigenvalue weighted by Gasteiger charge is 2.15. The molecule has 0 radical (unpaired) electrons. The first-order valence-electron chi connectivity index (χ1n) is 6.54. The Morgan fingerprint density at radius 1 is 1.29 bits per heavy atom. The number of hydrogen-bond acceptors (Lipinski definition) is 4. The van der Waals surface area contributed by atoms with Gasteiger partial charge in [0, 0.05) is 18.9 Å². The quantitative estimate of drug-likeness (QED) is 0.766. The lowest BCUT2D eigenvalue weighted by Crippen LogP contribution is -2.26. The van der Waals surface area contributed by atoms with Crippen molar-refractivity contribution in [2.24, 2.45) is 0 Å². The molecule has 1 heterocycles. The maximum absolute atomic E-state index is 13.3. The first kappa shape index (κ1) is 15.1. The van der Waals surface area contributed by atoms with Crippen molar-refractivity contribution < 1.29 is 13.9 Å². The molecule has 2 aromatic rings. The third-order valence-corrected chi connectivity index (χ3v) is 3.08. The predicted octanol–water partition coefficient (Wildman–Crippen LogP) is 2.54. The molecule has 0 fully saturated rings. The average Bonchev–Trinajstić information content (AvgIpc) is 2.48. The molecular formula is C16H17FN2O2. The molecule has 2 rings (SSSR count). The standard InChI is InChI=1S/C16H17FN2O2/c1-19(10-12-5-7-18-8-6-12)11-15(20)14-9-13(17)3-4-16(14)21-2/h3-9H,10-11H2,1-2H3. The van der Waals surface area contributed by atoms with Crippen molar-refractivity contribution in [1.82, 2.24) is 9.88 Å². The highest BCUT2D eigenvalue weighted by molar-refractivity contribution is 6.00. The lowest BCUT2D eigenvalue weighted by Gasteiger charge is -2.16. The molecule has 5 heteroatoms. The second-order valence-corrected chi connectivity index (χ2v) is 4.80. The zero-order valence-corrected chi connectivity index (χ0v) is 12.0. The van der Waals surface area contributed by atoms with Gasteiger partial charge in [0.15, 0.2) is 5.78 Å². The number of hydrogen-bond donors (Lipinski definition) is 0. The summed E-state index contributed by atoms with van der Waals surface area (Å²) in [4.78, 5) is 18.1. The van der Waals surface area contributed by atoms with Gasteiger partial charge in [0.25, 0.3) is 0 Å². The number of nitrogens with zero attached hydrogens (tertiary/aromatic N) is 2. The van der Waals surface area contributed by atoms with Crippen LogP contribution in [0.5, 0.6) is 5.75 Å². The molecule has 0 aliphatic rings. The fourth-order valence-corrected chi connectivity index (χ4v) is 2.08. The lowest BCUT2D eigenvalue weighted by atomic mass is 10.1. The molecule has 1 aromatic heterocycles. The van der Waals surface area contributed by atoms with Gasteiger partial charge in [-0.05, 0) is 42.9 Å². The van der Waals surface area contributed by atoms with Crippen molar-refractivity contribution >= 4 is 5.78 Å². The zero-order valence-electron chi connectivity index (χ0n) is 12.0. The third kappa shape index (κ3) is 4.10. The first-order valence-corrected chi connectivity index (χ1v) is 6.54. The zero-order chi connectivity index (χ0) is 15.2. The van der Waals surface area contributed by atoms with Gasteiger partial charge < -0.3 is 4.74 Å². The van der Waals surface area contributed by atoms with E-state index in [1.54, 1.807) is 12.4 Å². The van der Waals surface area contributed by atoms with Crippen LogP contribution in [0.25, 0.3) is 0 Å². The van der Waals surface area contributed by atoms with Crippen molar-refractivity contribution in [3.8, 4) is 5.75 Å². The summed E-state index contributed by atoms with van der Waals surface area (Å²) < 4.78 is 18.4. The molecule has 0 aliphatic heterocycles. The van der Waals surface area contributed by atoms with Crippen LogP contribution in [0.1, 0.15) is 15.9 Å². The Labute approximate surface area is 123 Å². The number of methoxy groups -OCH3 is 1. The van der Waals surface area contributed by atoms with Crippen molar-refractivity contribution in [3.63, 3.8) is 0 Å². The largest absolute Gasteiger partial charge is 0.496 e. The van der Waals surface area contributed by atoms with E-state index in [4.69, 9.17) is 4.74 Å². The highest BCUT2D eigenvalue weighted by Crippen LogP contribution is 2.20. The molecule has 0 spiro atoms. The number of rotatable bonds is 6. The van der Waals surface area contributed by atoms with Gasteiger partial charge in [-0.2, -0.15) is 0 Å². The molecule has 0 aliphatic carbocycles. The summed E-state index contributed by atoms with van der Waals surface area (Å²) in [5, 5.41) is 0. The van der Waals surface area contributed by atoms with Gasteiger partial charge in [-0.3, -0.25) is 14.7 Å². The SMILES string of the molecule is COc1ccc(F)cc1C(=O)CN(C)Cc1ccncc1. The molecule has 0 unspecified atom stereocenters. The summed E-state index contributed by atoms with van der Waals surface area (Å²) in [7, 11) is 3.30. The molecule has 0 saturated heterocycles. The lowest BCUT2D eigenvalue weighted by molar-refractivity contribution is 0.0939. The van der Waals surface area contributed by atoms with E-state index in [-0.39, 0.29) is 17.9 Å². The van der Waals surface area contributed by atoms with E-state index < -0.39 is 5.82 Å². The summed E-state index contributed by atoms with van der Waals surface area (Å²) >= 11 is 0. The highest BCUT2D eigenvalue weighted by atomic mass is 19.1. The molecule has 0 saturated carbocycles. The van der Waals surface area contributed by atoms with Crippen molar-refractivity contribution in [3.05, 3.63) is 59.7 Å². The molecule has 110 valence electrons. The van der Waals surface area contributed by atoms with Crippen LogP contribution in [-0.4, -0.2) is 36.4 Å². The third-order valence-electron chi connectivity index (χ3n) is 3.08. The summed E-state index contributed by atoms with van der Waals surface area (Å²) in [5.41, 5.74) is 1.32. The number of pyridine rings is 1. The Bertz CT molecular complexity index is 617. The Kier molecular flexibility index (Phi) is 5.00. The van der Waals surface area contributed by atoms with Crippen LogP contribution >= 0.6 is 0 Å². The average molecular weight is 288 g/mol. The van der Waals surface area contributed by atoms with Crippen LogP contribution in [0.4, 0.5) is 4.39 Å². The van der Waals surface area contributed by atoms with Gasteiger partial charge in [-0.1, -0.05) is 0 Å². The van der Waals surface area contributed by atoms with Gasteiger partial charge in [-0.15, -0.1) is 0 Å². The van der Waals surface area contributed by atoms with Gasteiger partial charge >= 0.3 is 0 Å². The van der Waals surface area contributed by atoms with Crippen LogP contribution < -0.4 is 4.74 Å². The molecular weight excluding hydrogens is 271 g/mol. The number of carbonyl (C=O) groups excluding carboxylic acids is 1. The van der Waals surface area contributed by atoms with Crippen LogP contribution in [-0.2, 0) is 6.54 Å². The summed E-state index contributed by atoms with van der Waals surface area (Å²) in [6.45, 7) is 0.800. The smallest absolute Gasteiger partial charge is 0.180 e. The molecule has 21 heavy (non-hydrogen) atoms. The fraction of sp³-hybridized carbons (Fsp3) is 0.250. The number of ether oxygens (including phenoxy) is 1. The summed E-state index contributed by atoms with van der Waals surface area (Å²) in [6, 6.07) is 7.73. The van der Waals surface area contributed by atoms with E-state index in [9.17, 15) is 9.18 Å². The molecule has 0 atom stereocenters. The Hall–Kier alpha value is -2.27. The summed E-state index contributed by atoms with van der Waals surface area (Å²) in [5.74, 6) is -0.238. The number of Topliss-reactive ketones (excluding diaryl/α,β-unsaturated/α-hetero) is 1. The van der Waals surface area contributed by atoms with Gasteiger partial charge in [0.2, 0.25) is 0 Å². The molecule has 1 aromatic carbocycles. The maximum Gasteiger partial charge on any atom is 0.180 e. The Morgan fingerprint density at radius 3 is 2.67 bits per heavy atom. The Morgan fingerprint density at radius 2 is 2.00 bits per heavy atom. The van der Waals surface area contributed by atoms with E-state index in [1.807, 2.05) is 24.1 Å². The number of aromatic nitrogens is 1. The van der Waals surface area contributed by atoms with Crippen molar-refractivity contribution in [2.45, 2.75) is 6.54 Å². The van der Waals surface area contributed by atoms with Gasteiger partial charge in [-0.25, -0.2) is 4.39 Å². The van der Waals surface area contributed by atoms with Crippen LogP contribution in [0, 0.1) is 5.82 Å². The van der Waals surface area contributed by atoms with Crippen molar-refractivity contribution in [2.75, 3.05) is 20.7 Å². The van der Waals surface area contributed by atoms with Crippen LogP contribution in [0.15, 0.2) is 42.7 Å². The first-order chi connectivity index (χ1) is 10.1. The number of ketones is 1. The van der Waals surface area contributed by atoms with Gasteiger partial charge in [0.1, 0.15) is 11.6 Å². The summed E-state index contributed by atoms with van der Waals surface area (Å²) in [6.07, 6.45) is 3.42. The molecule has 0 amide bonds. The minimum Gasteiger partial charge on any atom is -0.496 e. The minimum absolute atomic E-state index is 0.178. The number of carbonyl (C=O) groups is 1. The number of halogens is 1. The van der Waals surface area contributed by atoms with E-state index >= 15 is 0 Å². The predicted molar refractivity (Wildman–Crippen MR) is 77.9 cm³/mol. The maximum atomic E-state index is 13.3. The molecule has 0 N–H and O–H groups in total. The molecule has 0 bridgehead atoms. The number of benzene rings is 1. The monoisotopic (exact) mass is 288 g/mol. The van der Waals surface area contributed by atoms with E-state index in [1.165, 1.54) is 25.3 Å². The van der Waals surface area contributed by atoms with Crippen molar-refractivity contribution in [1.29, 1.82) is 0 Å². The van der Waals surface area contributed by atoms with Gasteiger partial charge in [0.05, 0.1) is 19.2 Å². The molecule has 4 nitrogen and oxygen atoms in total. The van der Waals surface area contributed by atoms with E-state index in [0.717, 1.165) is 5.56 Å². The second-order valence-electron chi connectivity index (χ2n) is 4.80. The van der Waals surface area contributed by atoms with E-state index in [2.05, 4.69) is 4.98 Å².